The lowest BCUT2D eigenvalue weighted by atomic mass is 10.1. The lowest BCUT2D eigenvalue weighted by Gasteiger charge is -2.28. The van der Waals surface area contributed by atoms with Gasteiger partial charge in [-0.25, -0.2) is 4.98 Å². The number of rotatable bonds is 8. The minimum Gasteiger partial charge on any atom is -0.487 e. The molecule has 0 unspecified atom stereocenters. The highest BCUT2D eigenvalue weighted by Gasteiger charge is 2.24. The summed E-state index contributed by atoms with van der Waals surface area (Å²) < 4.78 is 7.89. The smallest absolute Gasteiger partial charge is 0.251 e. The van der Waals surface area contributed by atoms with Crippen LogP contribution in [0.1, 0.15) is 40.5 Å². The minimum atomic E-state index is -0.0895. The fourth-order valence-corrected chi connectivity index (χ4v) is 4.42. The summed E-state index contributed by atoms with van der Waals surface area (Å²) >= 11 is 0. The van der Waals surface area contributed by atoms with E-state index < -0.39 is 0 Å². The molecule has 5 rings (SSSR count). The Morgan fingerprint density at radius 2 is 1.82 bits per heavy atom. The second kappa shape index (κ2) is 9.88. The molecule has 6 heteroatoms. The SMILES string of the molecule is O=C(NC[C@H](c1ccccc1)N1CCCC1)c1cccc(OCc2cn3ccccc3n2)c1. The fraction of sp³-hybridized carbons (Fsp3) is 0.259. The lowest BCUT2D eigenvalue weighted by molar-refractivity contribution is 0.0937. The van der Waals surface area contributed by atoms with Gasteiger partial charge in [0.05, 0.1) is 11.7 Å². The molecule has 1 amide bonds. The van der Waals surface area contributed by atoms with Crippen molar-refractivity contribution >= 4 is 11.6 Å². The summed E-state index contributed by atoms with van der Waals surface area (Å²) in [6.07, 6.45) is 6.33. The number of nitrogens with one attached hydrogen (secondary N) is 1. The summed E-state index contributed by atoms with van der Waals surface area (Å²) in [5, 5.41) is 3.14. The van der Waals surface area contributed by atoms with Gasteiger partial charge in [0.25, 0.3) is 5.91 Å². The van der Waals surface area contributed by atoms with Gasteiger partial charge in [-0.05, 0) is 61.8 Å². The number of amides is 1. The number of fused-ring (bicyclic) bond motifs is 1. The average Bonchev–Trinajstić information content (AvgIpc) is 3.54. The van der Waals surface area contributed by atoms with Crippen molar-refractivity contribution in [3.63, 3.8) is 0 Å². The van der Waals surface area contributed by atoms with Crippen LogP contribution >= 0.6 is 0 Å². The van der Waals surface area contributed by atoms with Crippen molar-refractivity contribution in [2.24, 2.45) is 0 Å². The second-order valence-electron chi connectivity index (χ2n) is 8.39. The first-order valence-corrected chi connectivity index (χ1v) is 11.5. The van der Waals surface area contributed by atoms with Gasteiger partial charge in [0, 0.05) is 24.5 Å². The van der Waals surface area contributed by atoms with Crippen LogP contribution in [0.25, 0.3) is 5.65 Å². The summed E-state index contributed by atoms with van der Waals surface area (Å²) in [4.78, 5) is 20.0. The summed E-state index contributed by atoms with van der Waals surface area (Å²) in [7, 11) is 0. The first-order chi connectivity index (χ1) is 16.3. The van der Waals surface area contributed by atoms with Crippen LogP contribution in [0.3, 0.4) is 0 Å². The van der Waals surface area contributed by atoms with E-state index in [-0.39, 0.29) is 11.9 Å². The third kappa shape index (κ3) is 5.07. The van der Waals surface area contributed by atoms with E-state index in [1.54, 1.807) is 6.07 Å². The van der Waals surface area contributed by atoms with E-state index in [2.05, 4.69) is 39.5 Å². The van der Waals surface area contributed by atoms with Gasteiger partial charge in [-0.1, -0.05) is 42.5 Å². The molecular formula is C27H28N4O2. The van der Waals surface area contributed by atoms with Crippen LogP contribution in [0.2, 0.25) is 0 Å². The fourth-order valence-electron chi connectivity index (χ4n) is 4.42. The lowest BCUT2D eigenvalue weighted by Crippen LogP contribution is -2.36. The number of likely N-dealkylation sites (tertiary alicyclic amines) is 1. The number of aromatic nitrogens is 2. The molecule has 0 aliphatic carbocycles. The van der Waals surface area contributed by atoms with Gasteiger partial charge in [0.2, 0.25) is 0 Å². The number of benzene rings is 2. The van der Waals surface area contributed by atoms with Gasteiger partial charge in [-0.2, -0.15) is 0 Å². The molecule has 4 aromatic rings. The first-order valence-electron chi connectivity index (χ1n) is 11.5. The van der Waals surface area contributed by atoms with Crippen molar-refractivity contribution in [3.8, 4) is 5.75 Å². The van der Waals surface area contributed by atoms with E-state index in [0.717, 1.165) is 24.4 Å². The van der Waals surface area contributed by atoms with Crippen molar-refractivity contribution in [3.05, 3.63) is 102 Å². The number of nitrogens with zero attached hydrogens (tertiary/aromatic N) is 3. The van der Waals surface area contributed by atoms with Crippen molar-refractivity contribution in [1.29, 1.82) is 0 Å². The molecule has 3 heterocycles. The molecule has 1 aliphatic heterocycles. The third-order valence-corrected chi connectivity index (χ3v) is 6.12. The largest absolute Gasteiger partial charge is 0.487 e. The number of hydrogen-bond acceptors (Lipinski definition) is 4. The molecule has 1 atom stereocenters. The maximum atomic E-state index is 12.9. The third-order valence-electron chi connectivity index (χ3n) is 6.12. The van der Waals surface area contributed by atoms with Crippen molar-refractivity contribution in [1.82, 2.24) is 19.6 Å². The highest BCUT2D eigenvalue weighted by molar-refractivity contribution is 5.94. The molecule has 168 valence electrons. The summed E-state index contributed by atoms with van der Waals surface area (Å²) in [5.74, 6) is 0.562. The molecule has 1 saturated heterocycles. The van der Waals surface area contributed by atoms with Gasteiger partial charge in [0.15, 0.2) is 0 Å². The number of ether oxygens (including phenoxy) is 1. The number of carbonyl (C=O) groups excluding carboxylic acids is 1. The van der Waals surface area contributed by atoms with E-state index in [4.69, 9.17) is 4.74 Å². The Morgan fingerprint density at radius 1 is 1.00 bits per heavy atom. The van der Waals surface area contributed by atoms with Gasteiger partial charge in [-0.15, -0.1) is 0 Å². The second-order valence-corrected chi connectivity index (χ2v) is 8.39. The zero-order valence-electron chi connectivity index (χ0n) is 18.6. The predicted molar refractivity (Wildman–Crippen MR) is 128 cm³/mol. The van der Waals surface area contributed by atoms with Crippen LogP contribution in [0.4, 0.5) is 0 Å². The molecule has 0 bridgehead atoms. The normalized spacial score (nSPS) is 14.9. The number of pyridine rings is 1. The Balaban J connectivity index is 1.22. The van der Waals surface area contributed by atoms with Gasteiger partial charge in [-0.3, -0.25) is 9.69 Å². The van der Waals surface area contributed by atoms with Crippen LogP contribution in [0, 0.1) is 0 Å². The van der Waals surface area contributed by atoms with Gasteiger partial charge >= 0.3 is 0 Å². The van der Waals surface area contributed by atoms with Gasteiger partial charge in [0.1, 0.15) is 18.0 Å². The van der Waals surface area contributed by atoms with E-state index in [9.17, 15) is 4.79 Å². The molecule has 6 nitrogen and oxygen atoms in total. The van der Waals surface area contributed by atoms with E-state index in [0.29, 0.717) is 24.5 Å². The molecule has 0 saturated carbocycles. The van der Waals surface area contributed by atoms with E-state index in [1.165, 1.54) is 18.4 Å². The Bertz CT molecular complexity index is 1180. The standard InChI is InChI=1S/C27H28N4O2/c32-27(28-18-25(30-14-6-7-15-30)21-9-2-1-3-10-21)22-11-8-12-24(17-22)33-20-23-19-31-16-5-4-13-26(31)29-23/h1-5,8-13,16-17,19,25H,6-7,14-15,18,20H2,(H,28,32)/t25-/m1/s1. The Labute approximate surface area is 193 Å². The molecule has 33 heavy (non-hydrogen) atoms. The Morgan fingerprint density at radius 3 is 2.64 bits per heavy atom. The zero-order chi connectivity index (χ0) is 22.5. The minimum absolute atomic E-state index is 0.0895. The Kier molecular flexibility index (Phi) is 6.35. The number of hydrogen-bond donors (Lipinski definition) is 1. The first kappa shape index (κ1) is 21.2. The average molecular weight is 441 g/mol. The summed E-state index contributed by atoms with van der Waals surface area (Å²) in [6.45, 7) is 3.07. The quantitative estimate of drug-likeness (QED) is 0.439. The molecule has 2 aromatic heterocycles. The molecule has 1 N–H and O–H groups in total. The monoisotopic (exact) mass is 440 g/mol. The molecular weight excluding hydrogens is 412 g/mol. The molecule has 1 aliphatic rings. The van der Waals surface area contributed by atoms with Crippen LogP contribution < -0.4 is 10.1 Å². The van der Waals surface area contributed by atoms with Crippen LogP contribution in [0.5, 0.6) is 5.75 Å². The summed E-state index contributed by atoms with van der Waals surface area (Å²) in [6, 6.07) is 23.8. The van der Waals surface area contributed by atoms with E-state index in [1.807, 2.05) is 59.3 Å². The maximum Gasteiger partial charge on any atom is 0.251 e. The topological polar surface area (TPSA) is 58.9 Å². The number of carbonyl (C=O) groups is 1. The zero-order valence-corrected chi connectivity index (χ0v) is 18.6. The van der Waals surface area contributed by atoms with Crippen LogP contribution in [0.15, 0.2) is 85.2 Å². The van der Waals surface area contributed by atoms with Crippen molar-refractivity contribution in [2.45, 2.75) is 25.5 Å². The van der Waals surface area contributed by atoms with Gasteiger partial charge < -0.3 is 14.5 Å². The van der Waals surface area contributed by atoms with Crippen LogP contribution in [-0.4, -0.2) is 39.8 Å². The highest BCUT2D eigenvalue weighted by atomic mass is 16.5. The maximum absolute atomic E-state index is 12.9. The highest BCUT2D eigenvalue weighted by Crippen LogP contribution is 2.24. The van der Waals surface area contributed by atoms with Crippen molar-refractivity contribution < 1.29 is 9.53 Å². The molecule has 0 radical (unpaired) electrons. The molecule has 1 fully saturated rings. The molecule has 2 aromatic carbocycles. The Hall–Kier alpha value is -3.64. The predicted octanol–water partition coefficient (Wildman–Crippen LogP) is 4.48. The summed E-state index contributed by atoms with van der Waals surface area (Å²) in [5.41, 5.74) is 3.56. The van der Waals surface area contributed by atoms with Crippen LogP contribution in [-0.2, 0) is 6.61 Å². The number of imidazole rings is 1. The van der Waals surface area contributed by atoms with Crippen molar-refractivity contribution in [2.75, 3.05) is 19.6 Å². The van der Waals surface area contributed by atoms with E-state index >= 15 is 0 Å². The molecule has 0 spiro atoms.